The Morgan fingerprint density at radius 1 is 0.705 bits per heavy atom. The van der Waals surface area contributed by atoms with E-state index in [0.29, 0.717) is 5.92 Å². The van der Waals surface area contributed by atoms with Gasteiger partial charge in [0.2, 0.25) is 0 Å². The number of piperidine rings is 2. The summed E-state index contributed by atoms with van der Waals surface area (Å²) in [6.45, 7) is 28.2. The van der Waals surface area contributed by atoms with E-state index in [1.165, 1.54) is 67.6 Å². The smallest absolute Gasteiger partial charge is 0.125 e. The molecule has 0 N–H and O–H groups in total. The van der Waals surface area contributed by atoms with Gasteiger partial charge in [-0.3, -0.25) is 0 Å². The van der Waals surface area contributed by atoms with Crippen molar-refractivity contribution in [3.05, 3.63) is 55.5 Å². The number of methoxy groups -OCH3 is 1. The highest BCUT2D eigenvalue weighted by atomic mass is 79.9. The molecule has 5 nitrogen and oxygen atoms in total. The summed E-state index contributed by atoms with van der Waals surface area (Å²) >= 11 is 6.99. The van der Waals surface area contributed by atoms with Gasteiger partial charge in [0.1, 0.15) is 11.5 Å². The Kier molecular flexibility index (Phi) is 21.6. The molecule has 4 rings (SSSR count). The summed E-state index contributed by atoms with van der Waals surface area (Å²) in [5, 5.41) is 0. The summed E-state index contributed by atoms with van der Waals surface area (Å²) in [6, 6.07) is 8.37. The van der Waals surface area contributed by atoms with E-state index >= 15 is 0 Å². The van der Waals surface area contributed by atoms with Gasteiger partial charge in [-0.05, 0) is 119 Å². The molecule has 2 heterocycles. The molecule has 252 valence electrons. The van der Waals surface area contributed by atoms with Crippen LogP contribution in [0, 0.1) is 39.5 Å². The van der Waals surface area contributed by atoms with E-state index in [2.05, 4.69) is 74.6 Å². The Labute approximate surface area is 287 Å². The lowest BCUT2D eigenvalue weighted by molar-refractivity contribution is 0.0567. The van der Waals surface area contributed by atoms with Crippen molar-refractivity contribution in [2.75, 3.05) is 66.2 Å². The molecule has 44 heavy (non-hydrogen) atoms. The Hall–Kier alpha value is -1.12. The van der Waals surface area contributed by atoms with Crippen molar-refractivity contribution in [2.45, 2.75) is 88.0 Å². The first-order valence-corrected chi connectivity index (χ1v) is 18.5. The van der Waals surface area contributed by atoms with Crippen molar-refractivity contribution in [1.29, 1.82) is 0 Å². The molecule has 0 bridgehead atoms. The Morgan fingerprint density at radius 3 is 1.64 bits per heavy atom. The van der Waals surface area contributed by atoms with Gasteiger partial charge >= 0.3 is 0 Å². The van der Waals surface area contributed by atoms with E-state index in [9.17, 15) is 0 Å². The maximum absolute atomic E-state index is 6.24. The first-order chi connectivity index (χ1) is 21.2. The molecule has 2 aromatic rings. The van der Waals surface area contributed by atoms with Crippen molar-refractivity contribution in [3.8, 4) is 11.5 Å². The van der Waals surface area contributed by atoms with Crippen LogP contribution in [0.1, 0.15) is 82.6 Å². The van der Waals surface area contributed by atoms with Crippen molar-refractivity contribution in [1.82, 2.24) is 9.80 Å². The SMILES string of the molecule is CC.CC.COc1c(C)cc(Br)cc1C.Cc1cc(Br)cc(C)c1OCC1CCCN(CCOCCN2CCCC(C)C2)C1. The van der Waals surface area contributed by atoms with Gasteiger partial charge in [0.05, 0.1) is 26.9 Å². The van der Waals surface area contributed by atoms with Crippen LogP contribution in [-0.4, -0.2) is 76.0 Å². The third kappa shape index (κ3) is 15.0. The van der Waals surface area contributed by atoms with Crippen molar-refractivity contribution >= 4 is 31.9 Å². The number of ether oxygens (including phenoxy) is 3. The van der Waals surface area contributed by atoms with Crippen LogP contribution in [0.15, 0.2) is 33.2 Å². The zero-order valence-corrected chi connectivity index (χ0v) is 32.7. The largest absolute Gasteiger partial charge is 0.496 e. The standard InChI is InChI=1S/C24H39BrN2O2.C9H11BrO.2C2H6/c1-19-6-4-8-26(16-19)10-12-28-13-11-27-9-5-7-22(17-27)18-29-24-20(2)14-23(25)15-21(24)3;1-6-4-8(10)5-7(2)9(6)11-3;2*1-2/h14-15,19,22H,4-13,16-18H2,1-3H3;4-5H,1-3H3;2*1-2H3. The number of hydrogen-bond acceptors (Lipinski definition) is 5. The second-order valence-electron chi connectivity index (χ2n) is 11.7. The van der Waals surface area contributed by atoms with Gasteiger partial charge in [-0.15, -0.1) is 0 Å². The summed E-state index contributed by atoms with van der Waals surface area (Å²) in [5.74, 6) is 3.50. The maximum Gasteiger partial charge on any atom is 0.125 e. The lowest BCUT2D eigenvalue weighted by Crippen LogP contribution is -2.40. The van der Waals surface area contributed by atoms with Crippen LogP contribution in [0.3, 0.4) is 0 Å². The Morgan fingerprint density at radius 2 is 1.16 bits per heavy atom. The highest BCUT2D eigenvalue weighted by Gasteiger charge is 2.21. The number of hydrogen-bond donors (Lipinski definition) is 0. The fourth-order valence-electron chi connectivity index (χ4n) is 6.02. The number of aryl methyl sites for hydroxylation is 4. The fraction of sp³-hybridized carbons (Fsp3) is 0.676. The van der Waals surface area contributed by atoms with Gasteiger partial charge in [0.15, 0.2) is 0 Å². The van der Waals surface area contributed by atoms with Gasteiger partial charge in [-0.1, -0.05) is 66.5 Å². The van der Waals surface area contributed by atoms with Gasteiger partial charge in [-0.2, -0.15) is 0 Å². The Balaban J connectivity index is 0.000000538. The lowest BCUT2D eigenvalue weighted by atomic mass is 9.99. The minimum atomic E-state index is 0.612. The number of halogens is 2. The van der Waals surface area contributed by atoms with E-state index in [-0.39, 0.29) is 0 Å². The molecule has 2 unspecified atom stereocenters. The van der Waals surface area contributed by atoms with Gasteiger partial charge in [-0.25, -0.2) is 0 Å². The van der Waals surface area contributed by atoms with E-state index < -0.39 is 0 Å². The van der Waals surface area contributed by atoms with Crippen LogP contribution in [-0.2, 0) is 4.74 Å². The Bertz CT molecular complexity index is 1020. The average molecular weight is 743 g/mol. The molecule has 0 spiro atoms. The molecule has 0 aromatic heterocycles. The minimum absolute atomic E-state index is 0.612. The molecular weight excluding hydrogens is 680 g/mol. The number of rotatable bonds is 10. The van der Waals surface area contributed by atoms with E-state index in [1.807, 2.05) is 53.7 Å². The predicted octanol–water partition coefficient (Wildman–Crippen LogP) is 10.0. The molecule has 2 aromatic carbocycles. The molecule has 2 aliphatic heterocycles. The number of benzene rings is 2. The molecule has 0 radical (unpaired) electrons. The maximum atomic E-state index is 6.24. The van der Waals surface area contributed by atoms with Crippen LogP contribution in [0.5, 0.6) is 11.5 Å². The van der Waals surface area contributed by atoms with Gasteiger partial charge < -0.3 is 24.0 Å². The molecular formula is C37H62Br2N2O3. The molecule has 0 aliphatic carbocycles. The van der Waals surface area contributed by atoms with Gasteiger partial charge in [0.25, 0.3) is 0 Å². The van der Waals surface area contributed by atoms with Crippen LogP contribution in [0.25, 0.3) is 0 Å². The quantitative estimate of drug-likeness (QED) is 0.227. The van der Waals surface area contributed by atoms with Crippen molar-refractivity contribution in [2.24, 2.45) is 11.8 Å². The first-order valence-electron chi connectivity index (χ1n) is 16.9. The molecule has 2 aliphatic rings. The molecule has 2 fully saturated rings. The van der Waals surface area contributed by atoms with Crippen molar-refractivity contribution < 1.29 is 14.2 Å². The second-order valence-corrected chi connectivity index (χ2v) is 13.6. The second kappa shape index (κ2) is 23.2. The third-order valence-corrected chi connectivity index (χ3v) is 8.88. The van der Waals surface area contributed by atoms with E-state index in [4.69, 9.17) is 14.2 Å². The summed E-state index contributed by atoms with van der Waals surface area (Å²) in [6.07, 6.45) is 5.26. The molecule has 0 amide bonds. The zero-order valence-electron chi connectivity index (χ0n) is 29.5. The lowest BCUT2D eigenvalue weighted by Gasteiger charge is -2.33. The molecule has 2 atom stereocenters. The van der Waals surface area contributed by atoms with E-state index in [0.717, 1.165) is 65.8 Å². The monoisotopic (exact) mass is 740 g/mol. The van der Waals surface area contributed by atoms with Crippen LogP contribution >= 0.6 is 31.9 Å². The normalized spacial score (nSPS) is 18.5. The summed E-state index contributed by atoms with van der Waals surface area (Å²) in [4.78, 5) is 5.12. The summed E-state index contributed by atoms with van der Waals surface area (Å²) in [5.41, 5.74) is 4.75. The highest BCUT2D eigenvalue weighted by Crippen LogP contribution is 2.29. The zero-order chi connectivity index (χ0) is 33.1. The van der Waals surface area contributed by atoms with Crippen LogP contribution in [0.4, 0.5) is 0 Å². The molecule has 7 heteroatoms. The van der Waals surface area contributed by atoms with Crippen molar-refractivity contribution in [3.63, 3.8) is 0 Å². The summed E-state index contributed by atoms with van der Waals surface area (Å²) in [7, 11) is 1.70. The fourth-order valence-corrected chi connectivity index (χ4v) is 7.39. The van der Waals surface area contributed by atoms with E-state index in [1.54, 1.807) is 7.11 Å². The molecule has 2 saturated heterocycles. The summed E-state index contributed by atoms with van der Waals surface area (Å²) < 4.78 is 19.6. The third-order valence-electron chi connectivity index (χ3n) is 7.97. The first kappa shape index (κ1) is 40.9. The molecule has 0 saturated carbocycles. The minimum Gasteiger partial charge on any atom is -0.496 e. The van der Waals surface area contributed by atoms with Gasteiger partial charge in [0, 0.05) is 41.0 Å². The predicted molar refractivity (Wildman–Crippen MR) is 197 cm³/mol. The van der Waals surface area contributed by atoms with Crippen LogP contribution in [0.2, 0.25) is 0 Å². The topological polar surface area (TPSA) is 34.2 Å². The van der Waals surface area contributed by atoms with Crippen LogP contribution < -0.4 is 9.47 Å². The highest BCUT2D eigenvalue weighted by molar-refractivity contribution is 9.10. The number of nitrogens with zero attached hydrogens (tertiary/aromatic N) is 2. The average Bonchev–Trinajstić information content (AvgIpc) is 2.99. The number of likely N-dealkylation sites (tertiary alicyclic amines) is 2.